The summed E-state index contributed by atoms with van der Waals surface area (Å²) in [6.07, 6.45) is 27.6. The van der Waals surface area contributed by atoms with Crippen LogP contribution in [0.1, 0.15) is 118 Å². The molecule has 4 nitrogen and oxygen atoms in total. The van der Waals surface area contributed by atoms with Crippen molar-refractivity contribution in [3.8, 4) is 22.8 Å². The number of benzene rings is 2. The van der Waals surface area contributed by atoms with Crippen LogP contribution < -0.4 is 0 Å². The van der Waals surface area contributed by atoms with Crippen LogP contribution in [0.5, 0.6) is 0 Å². The summed E-state index contributed by atoms with van der Waals surface area (Å²) in [5, 5.41) is 0. The summed E-state index contributed by atoms with van der Waals surface area (Å²) >= 11 is 0. The Labute approximate surface area is 272 Å². The standard InChI is InChI=1S/C26H38N2.C15H16N2/c1-3-4-5-6-7-8-9-10-11-12-13-22-19-27-26(28-20-22)24-15-14-23-16-21(2)17-25(23)18-24;1-10-5-12-3-4-13(7-14(12)6-10)15-16-8-11(2)9-17-15/h14-15,18-21H,3-13,16-17H2,1-2H3;3-4,7-10H,5-6H2,1-2H3. The van der Waals surface area contributed by atoms with Gasteiger partial charge in [0.25, 0.3) is 0 Å². The third-order valence-corrected chi connectivity index (χ3v) is 9.51. The summed E-state index contributed by atoms with van der Waals surface area (Å²) in [7, 11) is 0. The van der Waals surface area contributed by atoms with E-state index in [-0.39, 0.29) is 0 Å². The highest BCUT2D eigenvalue weighted by molar-refractivity contribution is 5.59. The van der Waals surface area contributed by atoms with Crippen molar-refractivity contribution in [2.75, 3.05) is 0 Å². The second-order valence-corrected chi connectivity index (χ2v) is 13.9. The van der Waals surface area contributed by atoms with E-state index >= 15 is 0 Å². The predicted octanol–water partition coefficient (Wildman–Crippen LogP) is 10.5. The first-order valence-electron chi connectivity index (χ1n) is 17.8. The van der Waals surface area contributed by atoms with Crippen LogP contribution in [-0.2, 0) is 32.1 Å². The molecule has 6 rings (SSSR count). The van der Waals surface area contributed by atoms with E-state index in [0.29, 0.717) is 0 Å². The smallest absolute Gasteiger partial charge is 0.159 e. The van der Waals surface area contributed by atoms with Crippen LogP contribution in [0.25, 0.3) is 22.8 Å². The molecule has 0 saturated heterocycles. The van der Waals surface area contributed by atoms with E-state index in [2.05, 4.69) is 77.1 Å². The normalized spacial score (nSPS) is 16.6. The van der Waals surface area contributed by atoms with Crippen LogP contribution in [-0.4, -0.2) is 19.9 Å². The summed E-state index contributed by atoms with van der Waals surface area (Å²) in [4.78, 5) is 18.1. The van der Waals surface area contributed by atoms with Crippen molar-refractivity contribution < 1.29 is 0 Å². The Balaban J connectivity index is 0.000000200. The first kappa shape index (κ1) is 33.0. The molecule has 2 heterocycles. The Hall–Kier alpha value is -3.40. The molecule has 238 valence electrons. The molecule has 2 unspecified atom stereocenters. The van der Waals surface area contributed by atoms with Crippen molar-refractivity contribution in [3.63, 3.8) is 0 Å². The molecule has 0 saturated carbocycles. The van der Waals surface area contributed by atoms with Crippen molar-refractivity contribution in [1.82, 2.24) is 19.9 Å². The highest BCUT2D eigenvalue weighted by atomic mass is 14.9. The second kappa shape index (κ2) is 16.8. The third-order valence-electron chi connectivity index (χ3n) is 9.51. The van der Waals surface area contributed by atoms with E-state index < -0.39 is 0 Å². The van der Waals surface area contributed by atoms with E-state index in [9.17, 15) is 0 Å². The van der Waals surface area contributed by atoms with Crippen molar-refractivity contribution in [2.45, 2.75) is 124 Å². The van der Waals surface area contributed by atoms with Crippen molar-refractivity contribution >= 4 is 0 Å². The molecule has 2 aliphatic carbocycles. The molecule has 0 N–H and O–H groups in total. The molecule has 2 aromatic carbocycles. The van der Waals surface area contributed by atoms with Gasteiger partial charge in [0.15, 0.2) is 11.6 Å². The van der Waals surface area contributed by atoms with Gasteiger partial charge in [0.1, 0.15) is 0 Å². The molecule has 0 spiro atoms. The molecule has 0 amide bonds. The molecule has 2 aliphatic rings. The molecule has 0 aliphatic heterocycles. The number of rotatable bonds is 13. The minimum absolute atomic E-state index is 0.773. The lowest BCUT2D eigenvalue weighted by Crippen LogP contribution is -1.94. The van der Waals surface area contributed by atoms with Gasteiger partial charge in [0, 0.05) is 35.9 Å². The van der Waals surface area contributed by atoms with Gasteiger partial charge in [-0.25, -0.2) is 19.9 Å². The largest absolute Gasteiger partial charge is 0.236 e. The quantitative estimate of drug-likeness (QED) is 0.143. The van der Waals surface area contributed by atoms with Crippen molar-refractivity contribution in [1.29, 1.82) is 0 Å². The van der Waals surface area contributed by atoms with Gasteiger partial charge in [-0.1, -0.05) is 103 Å². The molecule has 0 bridgehead atoms. The van der Waals surface area contributed by atoms with Crippen LogP contribution in [0.15, 0.2) is 61.2 Å². The van der Waals surface area contributed by atoms with Gasteiger partial charge < -0.3 is 0 Å². The Morgan fingerprint density at radius 1 is 0.533 bits per heavy atom. The zero-order valence-corrected chi connectivity index (χ0v) is 28.3. The first-order valence-corrected chi connectivity index (χ1v) is 17.8. The summed E-state index contributed by atoms with van der Waals surface area (Å²) in [6.45, 7) is 8.93. The molecule has 0 radical (unpaired) electrons. The average molecular weight is 603 g/mol. The van der Waals surface area contributed by atoms with Crippen molar-refractivity contribution in [3.05, 3.63) is 94.6 Å². The van der Waals surface area contributed by atoms with E-state index in [1.54, 1.807) is 0 Å². The molecule has 0 fully saturated rings. The number of unbranched alkanes of at least 4 members (excludes halogenated alkanes) is 9. The maximum absolute atomic E-state index is 4.65. The van der Waals surface area contributed by atoms with Crippen LogP contribution in [0.3, 0.4) is 0 Å². The number of aromatic nitrogens is 4. The van der Waals surface area contributed by atoms with Crippen LogP contribution in [0, 0.1) is 18.8 Å². The molecule has 45 heavy (non-hydrogen) atoms. The Morgan fingerprint density at radius 2 is 0.956 bits per heavy atom. The van der Waals surface area contributed by atoms with Gasteiger partial charge in [-0.2, -0.15) is 0 Å². The maximum Gasteiger partial charge on any atom is 0.159 e. The van der Waals surface area contributed by atoms with Gasteiger partial charge >= 0.3 is 0 Å². The molecule has 2 atom stereocenters. The lowest BCUT2D eigenvalue weighted by Gasteiger charge is -2.06. The zero-order valence-electron chi connectivity index (χ0n) is 28.3. The summed E-state index contributed by atoms with van der Waals surface area (Å²) < 4.78 is 0. The molecular formula is C41H54N4. The van der Waals surface area contributed by atoms with Crippen LogP contribution in [0.4, 0.5) is 0 Å². The third kappa shape index (κ3) is 9.79. The summed E-state index contributed by atoms with van der Waals surface area (Å²) in [5.74, 6) is 3.25. The Kier molecular flexibility index (Phi) is 12.3. The lowest BCUT2D eigenvalue weighted by molar-refractivity contribution is 0.556. The monoisotopic (exact) mass is 602 g/mol. The first-order chi connectivity index (χ1) is 22.0. The van der Waals surface area contributed by atoms with E-state index in [0.717, 1.165) is 41.0 Å². The van der Waals surface area contributed by atoms with Gasteiger partial charge in [0.05, 0.1) is 0 Å². The molecule has 2 aromatic heterocycles. The predicted molar refractivity (Wildman–Crippen MR) is 188 cm³/mol. The number of hydrogen-bond donors (Lipinski definition) is 0. The fourth-order valence-electron chi connectivity index (χ4n) is 6.95. The van der Waals surface area contributed by atoms with E-state index in [4.69, 9.17) is 0 Å². The SMILES string of the molecule is CCCCCCCCCCCCc1cnc(-c2ccc3c(c2)CC(C)C3)nc1.Cc1cnc(-c2ccc3c(c2)CC(C)C3)nc1. The zero-order chi connectivity index (χ0) is 31.4. The van der Waals surface area contributed by atoms with Crippen LogP contribution in [0.2, 0.25) is 0 Å². The fraction of sp³-hybridized carbons (Fsp3) is 0.512. The Morgan fingerprint density at radius 3 is 1.44 bits per heavy atom. The van der Waals surface area contributed by atoms with E-state index in [1.807, 2.05) is 31.7 Å². The number of aryl methyl sites for hydroxylation is 2. The second-order valence-electron chi connectivity index (χ2n) is 13.9. The van der Waals surface area contributed by atoms with Gasteiger partial charge in [-0.15, -0.1) is 0 Å². The topological polar surface area (TPSA) is 51.6 Å². The lowest BCUT2D eigenvalue weighted by atomic mass is 10.0. The van der Waals surface area contributed by atoms with Crippen molar-refractivity contribution in [2.24, 2.45) is 11.8 Å². The Bertz CT molecular complexity index is 1470. The van der Waals surface area contributed by atoms with Gasteiger partial charge in [-0.05, 0) is 103 Å². The van der Waals surface area contributed by atoms with E-state index in [1.165, 1.54) is 123 Å². The fourth-order valence-corrected chi connectivity index (χ4v) is 6.95. The molecule has 4 aromatic rings. The summed E-state index contributed by atoms with van der Waals surface area (Å²) in [5.41, 5.74) is 10.6. The summed E-state index contributed by atoms with van der Waals surface area (Å²) in [6, 6.07) is 13.4. The number of hydrogen-bond acceptors (Lipinski definition) is 4. The van der Waals surface area contributed by atoms with Crippen LogP contribution >= 0.6 is 0 Å². The maximum atomic E-state index is 4.65. The van der Waals surface area contributed by atoms with Gasteiger partial charge in [-0.3, -0.25) is 0 Å². The molecule has 4 heteroatoms. The average Bonchev–Trinajstić information content (AvgIpc) is 3.62. The minimum atomic E-state index is 0.773. The van der Waals surface area contributed by atoms with Gasteiger partial charge in [0.2, 0.25) is 0 Å². The number of nitrogens with zero attached hydrogens (tertiary/aromatic N) is 4. The number of fused-ring (bicyclic) bond motifs is 2. The highest BCUT2D eigenvalue weighted by Crippen LogP contribution is 2.31. The highest BCUT2D eigenvalue weighted by Gasteiger charge is 2.19. The molecular weight excluding hydrogens is 548 g/mol. The minimum Gasteiger partial charge on any atom is -0.236 e.